The minimum Gasteiger partial charge on any atom is -0.385 e. The zero-order chi connectivity index (χ0) is 8.36. The van der Waals surface area contributed by atoms with Crippen LogP contribution in [-0.2, 0) is 4.74 Å². The highest BCUT2D eigenvalue weighted by atomic mass is 16.5. The molecular weight excluding hydrogens is 136 g/mol. The lowest BCUT2D eigenvalue weighted by Gasteiger charge is -1.99. The maximum absolute atomic E-state index is 4.95. The third kappa shape index (κ3) is 9.96. The van der Waals surface area contributed by atoms with Crippen molar-refractivity contribution in [2.75, 3.05) is 13.7 Å². The van der Waals surface area contributed by atoms with Gasteiger partial charge in [-0.3, -0.25) is 0 Å². The third-order valence-corrected chi connectivity index (χ3v) is 1.77. The van der Waals surface area contributed by atoms with Gasteiger partial charge in [0.1, 0.15) is 0 Å². The second-order valence-corrected chi connectivity index (χ2v) is 2.92. The lowest BCUT2D eigenvalue weighted by molar-refractivity contribution is 0.194. The smallest absolute Gasteiger partial charge is 0.0462 e. The van der Waals surface area contributed by atoms with E-state index in [-0.39, 0.29) is 0 Å². The maximum atomic E-state index is 4.95. The van der Waals surface area contributed by atoms with E-state index in [0.29, 0.717) is 0 Å². The van der Waals surface area contributed by atoms with Gasteiger partial charge in [0.2, 0.25) is 0 Å². The molecule has 0 aromatic carbocycles. The quantitative estimate of drug-likeness (QED) is 0.492. The number of hydrogen-bond acceptors (Lipinski definition) is 1. The van der Waals surface area contributed by atoms with Crippen molar-refractivity contribution in [1.29, 1.82) is 0 Å². The van der Waals surface area contributed by atoms with Crippen molar-refractivity contribution in [3.8, 4) is 0 Å². The Labute approximate surface area is 71.1 Å². The molecule has 0 atom stereocenters. The summed E-state index contributed by atoms with van der Waals surface area (Å²) in [6.07, 6.45) is 10.1. The van der Waals surface area contributed by atoms with Crippen LogP contribution in [-0.4, -0.2) is 13.7 Å². The fourth-order valence-corrected chi connectivity index (χ4v) is 1.06. The molecule has 1 radical (unpaired) electrons. The first-order valence-electron chi connectivity index (χ1n) is 4.72. The van der Waals surface area contributed by atoms with Gasteiger partial charge < -0.3 is 4.74 Å². The summed E-state index contributed by atoms with van der Waals surface area (Å²) in [6, 6.07) is 0. The Morgan fingerprint density at radius 2 is 1.82 bits per heavy atom. The molecule has 0 aliphatic heterocycles. The van der Waals surface area contributed by atoms with Gasteiger partial charge in [0, 0.05) is 13.7 Å². The van der Waals surface area contributed by atoms with Crippen LogP contribution in [0.4, 0.5) is 0 Å². The Morgan fingerprint density at radius 1 is 1.09 bits per heavy atom. The van der Waals surface area contributed by atoms with E-state index in [4.69, 9.17) is 4.74 Å². The van der Waals surface area contributed by atoms with Crippen LogP contribution in [0.1, 0.15) is 45.4 Å². The summed E-state index contributed by atoms with van der Waals surface area (Å²) in [7, 11) is 1.76. The van der Waals surface area contributed by atoms with Crippen LogP contribution in [0.2, 0.25) is 0 Å². The minimum atomic E-state index is 0.907. The van der Waals surface area contributed by atoms with Gasteiger partial charge >= 0.3 is 0 Å². The molecule has 0 aromatic heterocycles. The van der Waals surface area contributed by atoms with Crippen molar-refractivity contribution in [1.82, 2.24) is 0 Å². The summed E-state index contributed by atoms with van der Waals surface area (Å²) >= 11 is 0. The number of ether oxygens (including phenoxy) is 1. The lowest BCUT2D eigenvalue weighted by atomic mass is 10.1. The molecule has 0 fully saturated rings. The molecule has 0 heterocycles. The van der Waals surface area contributed by atoms with Crippen LogP contribution in [0.5, 0.6) is 0 Å². The molecule has 0 bridgehead atoms. The van der Waals surface area contributed by atoms with Gasteiger partial charge in [-0.1, -0.05) is 32.6 Å². The van der Waals surface area contributed by atoms with Crippen LogP contribution in [0.25, 0.3) is 0 Å². The van der Waals surface area contributed by atoms with Crippen LogP contribution in [0, 0.1) is 6.42 Å². The van der Waals surface area contributed by atoms with Gasteiger partial charge in [-0.2, -0.15) is 0 Å². The Morgan fingerprint density at radius 3 is 2.45 bits per heavy atom. The lowest BCUT2D eigenvalue weighted by Crippen LogP contribution is -1.88. The van der Waals surface area contributed by atoms with Crippen LogP contribution in [0.15, 0.2) is 0 Å². The molecule has 0 saturated carbocycles. The first-order valence-corrected chi connectivity index (χ1v) is 4.72. The Kier molecular flexibility index (Phi) is 9.92. The Bertz CT molecular complexity index is 53.9. The number of methoxy groups -OCH3 is 1. The summed E-state index contributed by atoms with van der Waals surface area (Å²) in [5, 5.41) is 0. The second kappa shape index (κ2) is 9.96. The van der Waals surface area contributed by atoms with Gasteiger partial charge in [0.25, 0.3) is 0 Å². The summed E-state index contributed by atoms with van der Waals surface area (Å²) in [5.41, 5.74) is 0. The SMILES string of the molecule is CCCCC[CH]CCCOC. The topological polar surface area (TPSA) is 9.23 Å². The maximum Gasteiger partial charge on any atom is 0.0462 e. The number of unbranched alkanes of at least 4 members (excludes halogenated alkanes) is 6. The average molecular weight is 157 g/mol. The molecule has 0 saturated heterocycles. The largest absolute Gasteiger partial charge is 0.385 e. The standard InChI is InChI=1S/C10H21O/c1-3-4-5-6-7-8-9-10-11-2/h7H,3-6,8-10H2,1-2H3. The summed E-state index contributed by atoms with van der Waals surface area (Å²) in [5.74, 6) is 0. The van der Waals surface area contributed by atoms with E-state index in [1.165, 1.54) is 38.5 Å². The van der Waals surface area contributed by atoms with Gasteiger partial charge in [-0.05, 0) is 19.3 Å². The summed E-state index contributed by atoms with van der Waals surface area (Å²) in [4.78, 5) is 0. The zero-order valence-electron chi connectivity index (χ0n) is 7.94. The molecule has 0 aromatic rings. The molecule has 67 valence electrons. The molecule has 1 nitrogen and oxygen atoms in total. The molecule has 0 N–H and O–H groups in total. The Hall–Kier alpha value is -0.0400. The summed E-state index contributed by atoms with van der Waals surface area (Å²) in [6.45, 7) is 3.15. The minimum absolute atomic E-state index is 0.907. The fraction of sp³-hybridized carbons (Fsp3) is 0.900. The molecular formula is C10H21O. The molecule has 0 aliphatic carbocycles. The molecule has 0 spiro atoms. The molecule has 0 aliphatic rings. The van der Waals surface area contributed by atoms with E-state index in [9.17, 15) is 0 Å². The van der Waals surface area contributed by atoms with E-state index in [0.717, 1.165) is 6.61 Å². The Balaban J connectivity index is 2.69. The van der Waals surface area contributed by atoms with E-state index in [2.05, 4.69) is 13.3 Å². The number of rotatable bonds is 8. The third-order valence-electron chi connectivity index (χ3n) is 1.77. The predicted octanol–water partition coefficient (Wildman–Crippen LogP) is 3.20. The molecule has 0 amide bonds. The second-order valence-electron chi connectivity index (χ2n) is 2.92. The van der Waals surface area contributed by atoms with E-state index in [1.807, 2.05) is 0 Å². The van der Waals surface area contributed by atoms with E-state index < -0.39 is 0 Å². The van der Waals surface area contributed by atoms with Crippen molar-refractivity contribution >= 4 is 0 Å². The highest BCUT2D eigenvalue weighted by Gasteiger charge is 1.89. The van der Waals surface area contributed by atoms with Crippen molar-refractivity contribution in [3.63, 3.8) is 0 Å². The monoisotopic (exact) mass is 157 g/mol. The highest BCUT2D eigenvalue weighted by molar-refractivity contribution is 4.63. The van der Waals surface area contributed by atoms with E-state index in [1.54, 1.807) is 7.11 Å². The molecule has 11 heavy (non-hydrogen) atoms. The fourth-order valence-electron chi connectivity index (χ4n) is 1.06. The van der Waals surface area contributed by atoms with Crippen molar-refractivity contribution in [2.45, 2.75) is 45.4 Å². The first kappa shape index (κ1) is 11.0. The molecule has 0 rings (SSSR count). The van der Waals surface area contributed by atoms with Gasteiger partial charge in [0.15, 0.2) is 0 Å². The van der Waals surface area contributed by atoms with E-state index >= 15 is 0 Å². The van der Waals surface area contributed by atoms with Gasteiger partial charge in [-0.25, -0.2) is 0 Å². The van der Waals surface area contributed by atoms with Gasteiger partial charge in [-0.15, -0.1) is 0 Å². The van der Waals surface area contributed by atoms with Crippen molar-refractivity contribution < 1.29 is 4.74 Å². The average Bonchev–Trinajstić information content (AvgIpc) is 2.03. The van der Waals surface area contributed by atoms with Crippen LogP contribution < -0.4 is 0 Å². The van der Waals surface area contributed by atoms with Crippen LogP contribution >= 0.6 is 0 Å². The van der Waals surface area contributed by atoms with Crippen LogP contribution in [0.3, 0.4) is 0 Å². The number of hydrogen-bond donors (Lipinski definition) is 0. The normalized spacial score (nSPS) is 10.4. The highest BCUT2D eigenvalue weighted by Crippen LogP contribution is 2.05. The van der Waals surface area contributed by atoms with Gasteiger partial charge in [0.05, 0.1) is 0 Å². The first-order chi connectivity index (χ1) is 5.41. The van der Waals surface area contributed by atoms with Crippen molar-refractivity contribution in [3.05, 3.63) is 6.42 Å². The van der Waals surface area contributed by atoms with Crippen molar-refractivity contribution in [2.24, 2.45) is 0 Å². The molecule has 0 unspecified atom stereocenters. The predicted molar refractivity (Wildman–Crippen MR) is 49.6 cm³/mol. The zero-order valence-corrected chi connectivity index (χ0v) is 7.94. The molecule has 1 heteroatoms. The summed E-state index contributed by atoms with van der Waals surface area (Å²) < 4.78 is 4.95.